The van der Waals surface area contributed by atoms with Crippen LogP contribution in [-0.4, -0.2) is 20.2 Å². The summed E-state index contributed by atoms with van der Waals surface area (Å²) >= 11 is 3.29. The van der Waals surface area contributed by atoms with Gasteiger partial charge in [0.15, 0.2) is 10.8 Å². The van der Waals surface area contributed by atoms with Crippen molar-refractivity contribution in [2.75, 3.05) is 0 Å². The van der Waals surface area contributed by atoms with E-state index >= 15 is 0 Å². The van der Waals surface area contributed by atoms with Crippen molar-refractivity contribution in [1.82, 2.24) is 20.2 Å². The quantitative estimate of drug-likeness (QED) is 0.758. The highest BCUT2D eigenvalue weighted by Gasteiger charge is 2.10. The molecule has 3 heterocycles. The van der Waals surface area contributed by atoms with E-state index in [0.29, 0.717) is 0 Å². The maximum atomic E-state index is 4.55. The van der Waals surface area contributed by atoms with Crippen LogP contribution in [0.5, 0.6) is 0 Å². The molecule has 80 valence electrons. The minimum Gasteiger partial charge on any atom is -0.257 e. The lowest BCUT2D eigenvalue weighted by Crippen LogP contribution is -1.80. The molecule has 0 radical (unpaired) electrons. The molecule has 0 saturated carbocycles. The summed E-state index contributed by atoms with van der Waals surface area (Å²) in [7, 11) is 0. The van der Waals surface area contributed by atoms with Crippen molar-refractivity contribution in [2.24, 2.45) is 0 Å². The zero-order chi connectivity index (χ0) is 11.0. The summed E-state index contributed by atoms with van der Waals surface area (Å²) in [5.74, 6) is 0.727. The van der Waals surface area contributed by atoms with Gasteiger partial charge in [-0.2, -0.15) is 5.10 Å². The SMILES string of the molecule is Cc1ccsc1-c1csc(-c2ncn[nH]2)n1. The first-order valence-electron chi connectivity index (χ1n) is 4.70. The minimum atomic E-state index is 0.727. The fourth-order valence-electron chi connectivity index (χ4n) is 1.43. The Morgan fingerprint density at radius 1 is 1.31 bits per heavy atom. The third-order valence-electron chi connectivity index (χ3n) is 2.22. The van der Waals surface area contributed by atoms with Crippen LogP contribution in [0, 0.1) is 6.92 Å². The van der Waals surface area contributed by atoms with Gasteiger partial charge in [0.05, 0.1) is 10.6 Å². The Balaban J connectivity index is 2.03. The second-order valence-corrected chi connectivity index (χ2v) is 5.08. The van der Waals surface area contributed by atoms with Gasteiger partial charge in [0.2, 0.25) is 0 Å². The topological polar surface area (TPSA) is 54.5 Å². The molecule has 16 heavy (non-hydrogen) atoms. The van der Waals surface area contributed by atoms with E-state index in [2.05, 4.69) is 43.9 Å². The molecule has 0 aliphatic rings. The van der Waals surface area contributed by atoms with Gasteiger partial charge in [0, 0.05) is 5.38 Å². The summed E-state index contributed by atoms with van der Waals surface area (Å²) in [5.41, 5.74) is 2.28. The van der Waals surface area contributed by atoms with Crippen LogP contribution in [0.2, 0.25) is 0 Å². The Morgan fingerprint density at radius 2 is 2.25 bits per heavy atom. The molecule has 3 aromatic rings. The third-order valence-corrected chi connectivity index (χ3v) is 4.10. The molecule has 3 rings (SSSR count). The zero-order valence-corrected chi connectivity index (χ0v) is 10.1. The molecule has 0 atom stereocenters. The molecule has 0 spiro atoms. The summed E-state index contributed by atoms with van der Waals surface area (Å²) in [6, 6.07) is 2.10. The Bertz CT molecular complexity index is 594. The molecule has 0 aliphatic carbocycles. The van der Waals surface area contributed by atoms with E-state index < -0.39 is 0 Å². The Kier molecular flexibility index (Phi) is 2.30. The average molecular weight is 248 g/mol. The Hall–Kier alpha value is -1.53. The normalized spacial score (nSPS) is 10.8. The summed E-state index contributed by atoms with van der Waals surface area (Å²) in [6.45, 7) is 2.10. The monoisotopic (exact) mass is 248 g/mol. The van der Waals surface area contributed by atoms with Gasteiger partial charge in [-0.3, -0.25) is 5.10 Å². The van der Waals surface area contributed by atoms with Crippen molar-refractivity contribution in [3.63, 3.8) is 0 Å². The Labute approximate surface area is 100 Å². The molecule has 0 aliphatic heterocycles. The second kappa shape index (κ2) is 3.80. The van der Waals surface area contributed by atoms with Crippen molar-refractivity contribution in [1.29, 1.82) is 0 Å². The van der Waals surface area contributed by atoms with Crippen molar-refractivity contribution < 1.29 is 0 Å². The van der Waals surface area contributed by atoms with E-state index in [1.54, 1.807) is 22.7 Å². The maximum Gasteiger partial charge on any atom is 0.184 e. The van der Waals surface area contributed by atoms with E-state index in [4.69, 9.17) is 0 Å². The van der Waals surface area contributed by atoms with Crippen LogP contribution in [-0.2, 0) is 0 Å². The smallest absolute Gasteiger partial charge is 0.184 e. The van der Waals surface area contributed by atoms with Gasteiger partial charge < -0.3 is 0 Å². The number of nitrogens with zero attached hydrogens (tertiary/aromatic N) is 3. The molecule has 4 nitrogen and oxygen atoms in total. The minimum absolute atomic E-state index is 0.727. The highest BCUT2D eigenvalue weighted by Crippen LogP contribution is 2.32. The number of thiophene rings is 1. The first-order valence-corrected chi connectivity index (χ1v) is 6.46. The first kappa shape index (κ1) is 9.68. The number of H-pyrrole nitrogens is 1. The number of aromatic nitrogens is 4. The van der Waals surface area contributed by atoms with E-state index in [9.17, 15) is 0 Å². The average Bonchev–Trinajstić information content (AvgIpc) is 2.96. The predicted molar refractivity (Wildman–Crippen MR) is 65.5 cm³/mol. The van der Waals surface area contributed by atoms with Crippen molar-refractivity contribution >= 4 is 22.7 Å². The molecule has 6 heteroatoms. The lowest BCUT2D eigenvalue weighted by molar-refractivity contribution is 1.09. The zero-order valence-electron chi connectivity index (χ0n) is 8.47. The van der Waals surface area contributed by atoms with E-state index in [0.717, 1.165) is 16.5 Å². The van der Waals surface area contributed by atoms with Crippen LogP contribution in [0.15, 0.2) is 23.2 Å². The molecule has 1 N–H and O–H groups in total. The molecule has 0 bridgehead atoms. The predicted octanol–water partition coefficient (Wildman–Crippen LogP) is 2.97. The van der Waals surface area contributed by atoms with E-state index in [-0.39, 0.29) is 0 Å². The number of aromatic amines is 1. The third kappa shape index (κ3) is 1.56. The molecule has 0 amide bonds. The molecular weight excluding hydrogens is 240 g/mol. The maximum absolute atomic E-state index is 4.55. The van der Waals surface area contributed by atoms with Crippen molar-refractivity contribution in [2.45, 2.75) is 6.92 Å². The summed E-state index contributed by atoms with van der Waals surface area (Å²) in [5, 5.41) is 11.6. The van der Waals surface area contributed by atoms with Crippen molar-refractivity contribution in [3.05, 3.63) is 28.7 Å². The van der Waals surface area contributed by atoms with Gasteiger partial charge in [-0.05, 0) is 23.9 Å². The number of hydrogen-bond donors (Lipinski definition) is 1. The second-order valence-electron chi connectivity index (χ2n) is 3.30. The standard InChI is InChI=1S/C10H8N4S2/c1-6-2-3-15-8(6)7-4-16-10(13-7)9-11-5-12-14-9/h2-5H,1H3,(H,11,12,14). The lowest BCUT2D eigenvalue weighted by atomic mass is 10.2. The van der Waals surface area contributed by atoms with Gasteiger partial charge in [-0.15, -0.1) is 22.7 Å². The van der Waals surface area contributed by atoms with Gasteiger partial charge >= 0.3 is 0 Å². The van der Waals surface area contributed by atoms with Gasteiger partial charge in [-0.1, -0.05) is 0 Å². The lowest BCUT2D eigenvalue weighted by Gasteiger charge is -1.92. The molecular formula is C10H8N4S2. The van der Waals surface area contributed by atoms with Crippen LogP contribution >= 0.6 is 22.7 Å². The summed E-state index contributed by atoms with van der Waals surface area (Å²) in [6.07, 6.45) is 1.49. The van der Waals surface area contributed by atoms with Crippen LogP contribution < -0.4 is 0 Å². The van der Waals surface area contributed by atoms with Crippen LogP contribution in [0.4, 0.5) is 0 Å². The molecule has 0 fully saturated rings. The highest BCUT2D eigenvalue weighted by molar-refractivity contribution is 7.15. The van der Waals surface area contributed by atoms with E-state index in [1.165, 1.54) is 16.8 Å². The van der Waals surface area contributed by atoms with Crippen molar-refractivity contribution in [3.8, 4) is 21.4 Å². The van der Waals surface area contributed by atoms with Gasteiger partial charge in [0.25, 0.3) is 0 Å². The number of nitrogens with one attached hydrogen (secondary N) is 1. The molecule has 0 saturated heterocycles. The fourth-order valence-corrected chi connectivity index (χ4v) is 3.15. The number of hydrogen-bond acceptors (Lipinski definition) is 5. The summed E-state index contributed by atoms with van der Waals surface area (Å²) in [4.78, 5) is 9.86. The first-order chi connectivity index (χ1) is 7.84. The van der Waals surface area contributed by atoms with Gasteiger partial charge in [0.1, 0.15) is 6.33 Å². The van der Waals surface area contributed by atoms with Crippen LogP contribution in [0.1, 0.15) is 5.56 Å². The van der Waals surface area contributed by atoms with Crippen LogP contribution in [0.25, 0.3) is 21.4 Å². The van der Waals surface area contributed by atoms with Crippen LogP contribution in [0.3, 0.4) is 0 Å². The Morgan fingerprint density at radius 3 is 2.94 bits per heavy atom. The van der Waals surface area contributed by atoms with Gasteiger partial charge in [-0.25, -0.2) is 9.97 Å². The number of thiazole rings is 1. The number of rotatable bonds is 2. The number of aryl methyl sites for hydroxylation is 1. The molecule has 0 aromatic carbocycles. The molecule has 3 aromatic heterocycles. The summed E-state index contributed by atoms with van der Waals surface area (Å²) < 4.78 is 0. The largest absolute Gasteiger partial charge is 0.257 e. The molecule has 0 unspecified atom stereocenters. The fraction of sp³-hybridized carbons (Fsp3) is 0.100. The van der Waals surface area contributed by atoms with E-state index in [1.807, 2.05) is 0 Å². The highest BCUT2D eigenvalue weighted by atomic mass is 32.1.